The third-order valence-corrected chi connectivity index (χ3v) is 5.04. The van der Waals surface area contributed by atoms with Crippen LogP contribution in [0.25, 0.3) is 0 Å². The summed E-state index contributed by atoms with van der Waals surface area (Å²) in [5.74, 6) is 0.168. The lowest BCUT2D eigenvalue weighted by atomic mass is 9.81. The van der Waals surface area contributed by atoms with Crippen LogP contribution < -0.4 is 9.47 Å². The highest BCUT2D eigenvalue weighted by atomic mass is 19.1. The van der Waals surface area contributed by atoms with Crippen molar-refractivity contribution in [1.29, 1.82) is 0 Å². The molecule has 0 N–H and O–H groups in total. The van der Waals surface area contributed by atoms with Crippen molar-refractivity contribution >= 4 is 5.71 Å². The number of benzene rings is 2. The van der Waals surface area contributed by atoms with Gasteiger partial charge < -0.3 is 9.47 Å². The fraction of sp³-hybridized carbons (Fsp3) is 0.409. The number of hydrogen-bond acceptors (Lipinski definition) is 3. The second kappa shape index (κ2) is 5.78. The lowest BCUT2D eigenvalue weighted by Crippen LogP contribution is -2.30. The van der Waals surface area contributed by atoms with Crippen molar-refractivity contribution in [2.45, 2.75) is 51.7 Å². The van der Waals surface area contributed by atoms with Crippen molar-refractivity contribution in [2.24, 2.45) is 4.99 Å². The summed E-state index contributed by atoms with van der Waals surface area (Å²) in [5, 5.41) is 0. The maximum atomic E-state index is 13.9. The zero-order valence-electron chi connectivity index (χ0n) is 16.2. The van der Waals surface area contributed by atoms with Gasteiger partial charge in [-0.3, -0.25) is 4.99 Å². The predicted molar refractivity (Wildman–Crippen MR) is 101 cm³/mol. The van der Waals surface area contributed by atoms with Gasteiger partial charge in [0.1, 0.15) is 17.2 Å². The van der Waals surface area contributed by atoms with Crippen LogP contribution in [0.3, 0.4) is 0 Å². The molecular formula is C22H23F2NO2. The Hall–Kier alpha value is -2.43. The van der Waals surface area contributed by atoms with Crippen LogP contribution in [0.5, 0.6) is 11.5 Å². The molecule has 0 spiro atoms. The molecule has 0 fully saturated rings. The van der Waals surface area contributed by atoms with Gasteiger partial charge in [-0.1, -0.05) is 0 Å². The lowest BCUT2D eigenvalue weighted by molar-refractivity contribution is 0.134. The third kappa shape index (κ3) is 3.09. The van der Waals surface area contributed by atoms with Crippen LogP contribution >= 0.6 is 0 Å². The van der Waals surface area contributed by atoms with E-state index in [1.54, 1.807) is 7.11 Å². The Balaban J connectivity index is 2.01. The van der Waals surface area contributed by atoms with Crippen LogP contribution in [0.4, 0.5) is 8.78 Å². The number of fused-ring (bicyclic) bond motifs is 3. The maximum absolute atomic E-state index is 13.9. The second-order valence-electron chi connectivity index (χ2n) is 8.57. The molecule has 0 saturated heterocycles. The third-order valence-electron chi connectivity index (χ3n) is 5.04. The van der Waals surface area contributed by atoms with Gasteiger partial charge in [0.25, 0.3) is 0 Å². The minimum Gasteiger partial charge on any atom is -0.493 e. The zero-order chi connectivity index (χ0) is 19.6. The molecule has 2 aliphatic heterocycles. The molecule has 0 radical (unpaired) electrons. The monoisotopic (exact) mass is 371 g/mol. The van der Waals surface area contributed by atoms with Crippen molar-refractivity contribution in [2.75, 3.05) is 7.11 Å². The Kier molecular flexibility index (Phi) is 3.85. The normalized spacial score (nSPS) is 19.0. The average Bonchev–Trinajstić information content (AvgIpc) is 2.86. The summed E-state index contributed by atoms with van der Waals surface area (Å²) < 4.78 is 39.6. The second-order valence-corrected chi connectivity index (χ2v) is 8.57. The Labute approximate surface area is 158 Å². The summed E-state index contributed by atoms with van der Waals surface area (Å²) in [6, 6.07) is 5.53. The molecule has 0 amide bonds. The topological polar surface area (TPSA) is 30.8 Å². The van der Waals surface area contributed by atoms with Crippen molar-refractivity contribution in [3.8, 4) is 11.5 Å². The Morgan fingerprint density at radius 3 is 2.30 bits per heavy atom. The van der Waals surface area contributed by atoms with E-state index in [4.69, 9.17) is 14.5 Å². The summed E-state index contributed by atoms with van der Waals surface area (Å²) in [5.41, 5.74) is 3.26. The predicted octanol–water partition coefficient (Wildman–Crippen LogP) is 4.86. The van der Waals surface area contributed by atoms with Gasteiger partial charge in [-0.2, -0.15) is 0 Å². The van der Waals surface area contributed by atoms with Crippen molar-refractivity contribution in [1.82, 2.24) is 0 Å². The van der Waals surface area contributed by atoms with Crippen molar-refractivity contribution in [3.63, 3.8) is 0 Å². The number of nitrogens with zero attached hydrogens (tertiary/aromatic N) is 1. The molecule has 4 rings (SSSR count). The van der Waals surface area contributed by atoms with E-state index in [1.165, 1.54) is 12.1 Å². The van der Waals surface area contributed by atoms with Gasteiger partial charge in [-0.25, -0.2) is 8.78 Å². The number of rotatable bonds is 2. The van der Waals surface area contributed by atoms with Gasteiger partial charge in [0, 0.05) is 29.2 Å². The Morgan fingerprint density at radius 2 is 1.67 bits per heavy atom. The first-order valence-electron chi connectivity index (χ1n) is 9.07. The molecule has 0 aliphatic carbocycles. The standard InChI is InChI=1S/C22H23F2NO2/c1-21(2)10-13-8-17(26-5)20-16(11-22(3,4)27-20)18(13)19(25-21)12-6-14(23)9-15(24)7-12/h6-9H,10-11H2,1-5H3. The highest BCUT2D eigenvalue weighted by Crippen LogP contribution is 2.47. The summed E-state index contributed by atoms with van der Waals surface area (Å²) in [7, 11) is 1.63. The van der Waals surface area contributed by atoms with Gasteiger partial charge in [0.15, 0.2) is 11.5 Å². The molecule has 0 atom stereocenters. The molecule has 2 aromatic carbocycles. The minimum atomic E-state index is -0.612. The largest absolute Gasteiger partial charge is 0.493 e. The number of aliphatic imine (C=N–C) groups is 1. The van der Waals surface area contributed by atoms with E-state index < -0.39 is 11.6 Å². The molecule has 142 valence electrons. The average molecular weight is 371 g/mol. The van der Waals surface area contributed by atoms with Crippen LogP contribution in [0.1, 0.15) is 49.9 Å². The number of methoxy groups -OCH3 is 1. The molecular weight excluding hydrogens is 348 g/mol. The molecule has 0 saturated carbocycles. The molecule has 2 aromatic rings. The van der Waals surface area contributed by atoms with E-state index in [0.29, 0.717) is 35.6 Å². The number of ether oxygens (including phenoxy) is 2. The highest BCUT2D eigenvalue weighted by molar-refractivity contribution is 6.16. The van der Waals surface area contributed by atoms with Gasteiger partial charge in [0.2, 0.25) is 0 Å². The number of halogens is 2. The van der Waals surface area contributed by atoms with Crippen LogP contribution in [-0.4, -0.2) is 24.0 Å². The fourth-order valence-corrected chi connectivity index (χ4v) is 4.12. The van der Waals surface area contributed by atoms with E-state index in [9.17, 15) is 8.78 Å². The van der Waals surface area contributed by atoms with Crippen LogP contribution in [0.2, 0.25) is 0 Å². The molecule has 27 heavy (non-hydrogen) atoms. The van der Waals surface area contributed by atoms with E-state index in [-0.39, 0.29) is 11.1 Å². The first kappa shape index (κ1) is 18.0. The minimum absolute atomic E-state index is 0.379. The summed E-state index contributed by atoms with van der Waals surface area (Å²) in [4.78, 5) is 4.88. The van der Waals surface area contributed by atoms with Gasteiger partial charge in [0.05, 0.1) is 18.4 Å². The van der Waals surface area contributed by atoms with Gasteiger partial charge in [-0.15, -0.1) is 0 Å². The van der Waals surface area contributed by atoms with E-state index >= 15 is 0 Å². The Bertz CT molecular complexity index is 957. The lowest BCUT2D eigenvalue weighted by Gasteiger charge is -2.31. The Morgan fingerprint density at radius 1 is 1.00 bits per heavy atom. The SMILES string of the molecule is COc1cc2c(c3c1OC(C)(C)C3)C(c1cc(F)cc(F)c1)=NC(C)(C)C2. The first-order valence-corrected chi connectivity index (χ1v) is 9.07. The fourth-order valence-electron chi connectivity index (χ4n) is 4.12. The highest BCUT2D eigenvalue weighted by Gasteiger charge is 2.39. The smallest absolute Gasteiger partial charge is 0.166 e. The summed E-state index contributed by atoms with van der Waals surface area (Å²) in [6.45, 7) is 8.08. The van der Waals surface area contributed by atoms with E-state index in [2.05, 4.69) is 0 Å². The van der Waals surface area contributed by atoms with E-state index in [1.807, 2.05) is 33.8 Å². The molecule has 0 aromatic heterocycles. The van der Waals surface area contributed by atoms with Crippen molar-refractivity contribution < 1.29 is 18.3 Å². The van der Waals surface area contributed by atoms with Crippen LogP contribution in [0.15, 0.2) is 29.3 Å². The van der Waals surface area contributed by atoms with Gasteiger partial charge in [-0.05, 0) is 57.9 Å². The van der Waals surface area contributed by atoms with Crippen molar-refractivity contribution in [3.05, 3.63) is 58.2 Å². The first-order chi connectivity index (χ1) is 12.6. The molecule has 2 heterocycles. The quantitative estimate of drug-likeness (QED) is 0.755. The molecule has 0 unspecified atom stereocenters. The zero-order valence-corrected chi connectivity index (χ0v) is 16.2. The molecule has 0 bridgehead atoms. The summed E-state index contributed by atoms with van der Waals surface area (Å²) in [6.07, 6.45) is 1.40. The van der Waals surface area contributed by atoms with E-state index in [0.717, 1.165) is 22.8 Å². The molecule has 2 aliphatic rings. The van der Waals surface area contributed by atoms with Crippen LogP contribution in [-0.2, 0) is 12.8 Å². The van der Waals surface area contributed by atoms with Crippen LogP contribution in [0, 0.1) is 11.6 Å². The maximum Gasteiger partial charge on any atom is 0.166 e. The van der Waals surface area contributed by atoms with Gasteiger partial charge >= 0.3 is 0 Å². The number of hydrogen-bond donors (Lipinski definition) is 0. The molecule has 5 heteroatoms. The molecule has 3 nitrogen and oxygen atoms in total. The summed E-state index contributed by atoms with van der Waals surface area (Å²) >= 11 is 0.